The van der Waals surface area contributed by atoms with Gasteiger partial charge in [-0.25, -0.2) is 18.4 Å². The second kappa shape index (κ2) is 14.6. The summed E-state index contributed by atoms with van der Waals surface area (Å²) in [6.45, 7) is 1.67. The van der Waals surface area contributed by atoms with Gasteiger partial charge in [0.2, 0.25) is 5.90 Å². The number of nitrogens with one attached hydrogen (secondary N) is 1. The zero-order chi connectivity index (χ0) is 31.7. The number of nitrogens with zero attached hydrogens (tertiary/aromatic N) is 5. The zero-order valence-corrected chi connectivity index (χ0v) is 25.6. The van der Waals surface area contributed by atoms with E-state index in [-0.39, 0.29) is 35.3 Å². The van der Waals surface area contributed by atoms with E-state index in [0.29, 0.717) is 43.0 Å². The summed E-state index contributed by atoms with van der Waals surface area (Å²) in [5, 5.41) is 14.7. The normalized spacial score (nSPS) is 20.0. The fourth-order valence-corrected chi connectivity index (χ4v) is 6.86. The van der Waals surface area contributed by atoms with Gasteiger partial charge in [-0.05, 0) is 54.8 Å². The Labute approximate surface area is 262 Å². The Kier molecular flexibility index (Phi) is 10.4. The van der Waals surface area contributed by atoms with Crippen LogP contribution in [-0.4, -0.2) is 67.9 Å². The number of sulfone groups is 1. The average molecular weight is 633 g/mol. The summed E-state index contributed by atoms with van der Waals surface area (Å²) in [6, 6.07) is 21.8. The lowest BCUT2D eigenvalue weighted by atomic mass is 9.84. The molecule has 2 aliphatic heterocycles. The number of hydrogen-bond donors (Lipinski definition) is 2. The number of amides is 1. The van der Waals surface area contributed by atoms with Crippen LogP contribution in [0.4, 0.5) is 5.69 Å². The molecule has 13 heteroatoms. The molecule has 236 valence electrons. The highest BCUT2D eigenvalue weighted by Crippen LogP contribution is 2.46. The molecule has 0 bridgehead atoms. The van der Waals surface area contributed by atoms with Crippen LogP contribution in [0.1, 0.15) is 49.3 Å². The number of azide groups is 1. The molecule has 0 aliphatic carbocycles. The predicted octanol–water partition coefficient (Wildman–Crippen LogP) is 5.03. The first-order valence-electron chi connectivity index (χ1n) is 14.9. The summed E-state index contributed by atoms with van der Waals surface area (Å²) >= 11 is 0. The summed E-state index contributed by atoms with van der Waals surface area (Å²) in [5.41, 5.74) is 11.8. The average Bonchev–Trinajstić information content (AvgIpc) is 3.46. The first kappa shape index (κ1) is 32.0. The molecule has 1 amide bonds. The molecule has 5 rings (SSSR count). The van der Waals surface area contributed by atoms with Crippen molar-refractivity contribution in [1.29, 1.82) is 0 Å². The molecular formula is C32H36N6O6S. The SMILES string of the molecule is [N-]=[N+]=Nc1ccccc1[C@@H]1OC(c2ccc(OCCCO)cc2)=N[C@]1(CCS(=O)(=O)c1ccccc1)C(=O)NN1CCCCC1. The minimum absolute atomic E-state index is 0.0169. The van der Waals surface area contributed by atoms with Crippen LogP contribution in [-0.2, 0) is 19.4 Å². The van der Waals surface area contributed by atoms with E-state index in [1.54, 1.807) is 66.7 Å². The fraction of sp³-hybridized carbons (Fsp3) is 0.375. The van der Waals surface area contributed by atoms with Crippen molar-refractivity contribution in [3.63, 3.8) is 0 Å². The first-order valence-corrected chi connectivity index (χ1v) is 16.6. The molecule has 0 spiro atoms. The Hall–Kier alpha value is -4.42. The number of rotatable bonds is 13. The van der Waals surface area contributed by atoms with Crippen molar-refractivity contribution in [2.75, 3.05) is 32.1 Å². The van der Waals surface area contributed by atoms with Crippen molar-refractivity contribution in [2.24, 2.45) is 10.1 Å². The van der Waals surface area contributed by atoms with Crippen LogP contribution in [0, 0.1) is 0 Å². The van der Waals surface area contributed by atoms with Gasteiger partial charge in [0.05, 0.1) is 17.3 Å². The number of hydrogen-bond acceptors (Lipinski definition) is 9. The van der Waals surface area contributed by atoms with Crippen molar-refractivity contribution in [3.8, 4) is 5.75 Å². The summed E-state index contributed by atoms with van der Waals surface area (Å²) in [7, 11) is -3.81. The quantitative estimate of drug-likeness (QED) is 0.115. The molecule has 0 aromatic heterocycles. The van der Waals surface area contributed by atoms with Crippen molar-refractivity contribution in [3.05, 3.63) is 100 Å². The maximum absolute atomic E-state index is 14.4. The van der Waals surface area contributed by atoms with Crippen LogP contribution in [0.2, 0.25) is 0 Å². The third kappa shape index (κ3) is 7.46. The number of piperidine rings is 1. The van der Waals surface area contributed by atoms with Crippen molar-refractivity contribution in [2.45, 2.75) is 48.6 Å². The number of aliphatic hydroxyl groups is 1. The number of aliphatic imine (C=N–C) groups is 1. The van der Waals surface area contributed by atoms with Gasteiger partial charge in [-0.3, -0.25) is 10.2 Å². The smallest absolute Gasteiger partial charge is 0.266 e. The van der Waals surface area contributed by atoms with E-state index >= 15 is 0 Å². The Morgan fingerprint density at radius 3 is 2.49 bits per heavy atom. The van der Waals surface area contributed by atoms with E-state index in [9.17, 15) is 18.7 Å². The Morgan fingerprint density at radius 2 is 1.78 bits per heavy atom. The molecule has 12 nitrogen and oxygen atoms in total. The molecule has 0 unspecified atom stereocenters. The second-order valence-corrected chi connectivity index (χ2v) is 13.0. The molecule has 3 aromatic carbocycles. The van der Waals surface area contributed by atoms with Crippen LogP contribution in [0.25, 0.3) is 10.4 Å². The molecule has 2 N–H and O–H groups in total. The van der Waals surface area contributed by atoms with Gasteiger partial charge in [0, 0.05) is 54.3 Å². The minimum atomic E-state index is -3.81. The van der Waals surface area contributed by atoms with Gasteiger partial charge < -0.3 is 14.6 Å². The molecule has 1 saturated heterocycles. The van der Waals surface area contributed by atoms with Crippen molar-refractivity contribution < 1.29 is 27.8 Å². The third-order valence-corrected chi connectivity index (χ3v) is 9.60. The van der Waals surface area contributed by atoms with Crippen LogP contribution in [0.5, 0.6) is 5.75 Å². The Bertz CT molecular complexity index is 1650. The lowest BCUT2D eigenvalue weighted by Gasteiger charge is -2.35. The second-order valence-electron chi connectivity index (χ2n) is 10.9. The monoisotopic (exact) mass is 632 g/mol. The molecule has 2 aliphatic rings. The first-order chi connectivity index (χ1) is 21.9. The van der Waals surface area contributed by atoms with Gasteiger partial charge in [0.15, 0.2) is 21.5 Å². The van der Waals surface area contributed by atoms with E-state index in [2.05, 4.69) is 15.5 Å². The summed E-state index contributed by atoms with van der Waals surface area (Å²) in [6.07, 6.45) is 2.06. The fourth-order valence-electron chi connectivity index (χ4n) is 5.48. The van der Waals surface area contributed by atoms with Crippen molar-refractivity contribution >= 4 is 27.3 Å². The van der Waals surface area contributed by atoms with Crippen molar-refractivity contribution in [1.82, 2.24) is 10.4 Å². The van der Waals surface area contributed by atoms with E-state index in [4.69, 9.17) is 19.6 Å². The van der Waals surface area contributed by atoms with E-state index in [1.807, 2.05) is 5.01 Å². The van der Waals surface area contributed by atoms with E-state index < -0.39 is 27.4 Å². The lowest BCUT2D eigenvalue weighted by Crippen LogP contribution is -2.55. The number of carbonyl (C=O) groups excluding carboxylic acids is 1. The van der Waals surface area contributed by atoms with Gasteiger partial charge in [0.25, 0.3) is 5.91 Å². The van der Waals surface area contributed by atoms with Gasteiger partial charge >= 0.3 is 0 Å². The largest absolute Gasteiger partial charge is 0.494 e. The highest BCUT2D eigenvalue weighted by Gasteiger charge is 2.54. The third-order valence-electron chi connectivity index (χ3n) is 7.87. The topological polar surface area (TPSA) is 166 Å². The number of aliphatic hydroxyl groups excluding tert-OH is 1. The van der Waals surface area contributed by atoms with E-state index in [0.717, 1.165) is 19.3 Å². The predicted molar refractivity (Wildman–Crippen MR) is 169 cm³/mol. The maximum Gasteiger partial charge on any atom is 0.266 e. The Balaban J connectivity index is 1.59. The summed E-state index contributed by atoms with van der Waals surface area (Å²) in [4.78, 5) is 22.4. The highest BCUT2D eigenvalue weighted by atomic mass is 32.2. The molecule has 45 heavy (non-hydrogen) atoms. The van der Waals surface area contributed by atoms with Gasteiger partial charge in [-0.2, -0.15) is 0 Å². The molecule has 3 aromatic rings. The van der Waals surface area contributed by atoms with Crippen LogP contribution in [0.15, 0.2) is 93.9 Å². The van der Waals surface area contributed by atoms with Gasteiger partial charge in [-0.15, -0.1) is 0 Å². The van der Waals surface area contributed by atoms with Gasteiger partial charge in [-0.1, -0.05) is 54.0 Å². The van der Waals surface area contributed by atoms with Gasteiger partial charge in [0.1, 0.15) is 5.75 Å². The number of hydrazine groups is 1. The highest BCUT2D eigenvalue weighted by molar-refractivity contribution is 7.91. The minimum Gasteiger partial charge on any atom is -0.494 e. The molecular weight excluding hydrogens is 596 g/mol. The number of ether oxygens (including phenoxy) is 2. The summed E-state index contributed by atoms with van der Waals surface area (Å²) in [5.74, 6) is -0.169. The zero-order valence-electron chi connectivity index (χ0n) is 24.8. The number of carbonyl (C=O) groups is 1. The lowest BCUT2D eigenvalue weighted by molar-refractivity contribution is -0.134. The number of benzene rings is 3. The molecule has 2 heterocycles. The molecule has 0 saturated carbocycles. The Morgan fingerprint density at radius 1 is 1.07 bits per heavy atom. The van der Waals surface area contributed by atoms with Crippen LogP contribution < -0.4 is 10.2 Å². The van der Waals surface area contributed by atoms with Crippen LogP contribution in [0.3, 0.4) is 0 Å². The maximum atomic E-state index is 14.4. The molecule has 1 fully saturated rings. The standard InChI is InChI=1S/C32H36N6O6S/c33-37-35-28-13-6-5-12-27(28)29-32(31(40)36-38-19-7-2-8-20-38,18-23-45(41,42)26-10-3-1-4-11-26)34-30(44-29)24-14-16-25(17-15-24)43-22-9-21-39/h1,3-6,10-17,29,39H,2,7-9,18-23H2,(H,36,40)/t29-,32-/m0/s1. The van der Waals surface area contributed by atoms with E-state index in [1.165, 1.54) is 12.1 Å². The summed E-state index contributed by atoms with van der Waals surface area (Å²) < 4.78 is 39.2. The molecule has 2 atom stereocenters. The van der Waals surface area contributed by atoms with Crippen LogP contribution >= 0.6 is 0 Å². The molecule has 0 radical (unpaired) electrons.